The Morgan fingerprint density at radius 3 is 2.74 bits per heavy atom. The molecule has 1 aromatic rings. The van der Waals surface area contributed by atoms with Gasteiger partial charge in [-0.05, 0) is 36.8 Å². The van der Waals surface area contributed by atoms with E-state index in [-0.39, 0.29) is 0 Å². The molecule has 0 saturated carbocycles. The van der Waals surface area contributed by atoms with Gasteiger partial charge in [-0.25, -0.2) is 4.79 Å². The van der Waals surface area contributed by atoms with Crippen molar-refractivity contribution in [1.29, 1.82) is 0 Å². The monoisotopic (exact) mass is 281 g/mol. The zero-order valence-electron chi connectivity index (χ0n) is 11.4. The van der Waals surface area contributed by atoms with Crippen LogP contribution < -0.4 is 4.90 Å². The Morgan fingerprint density at radius 2 is 2.05 bits per heavy atom. The number of para-hydroxylation sites is 1. The van der Waals surface area contributed by atoms with Gasteiger partial charge in [0.15, 0.2) is 0 Å². The zero-order chi connectivity index (χ0) is 14.0. The molecule has 0 amide bonds. The van der Waals surface area contributed by atoms with Crippen LogP contribution in [0.5, 0.6) is 0 Å². The molecule has 0 spiro atoms. The van der Waals surface area contributed by atoms with E-state index in [9.17, 15) is 9.90 Å². The summed E-state index contributed by atoms with van der Waals surface area (Å²) in [6, 6.07) is 5.08. The Kier molecular flexibility index (Phi) is 4.04. The molecule has 1 aliphatic rings. The number of halogens is 1. The smallest absolute Gasteiger partial charge is 0.337 e. The van der Waals surface area contributed by atoms with E-state index in [1.54, 1.807) is 18.2 Å². The number of nitrogens with zero attached hydrogens (tertiary/aromatic N) is 1. The number of hydrogen-bond donors (Lipinski definition) is 1. The van der Waals surface area contributed by atoms with Crippen molar-refractivity contribution in [2.75, 3.05) is 18.0 Å². The van der Waals surface area contributed by atoms with E-state index in [0.29, 0.717) is 21.7 Å². The normalized spacial score (nSPS) is 19.0. The second-order valence-corrected chi connectivity index (χ2v) is 6.35. The highest BCUT2D eigenvalue weighted by Crippen LogP contribution is 2.35. The van der Waals surface area contributed by atoms with Crippen molar-refractivity contribution in [3.63, 3.8) is 0 Å². The Balaban J connectivity index is 2.33. The SMILES string of the molecule is CC1(C)CCCN(c2c(Cl)cccc2C(=O)O)CC1. The Labute approximate surface area is 119 Å². The fraction of sp³-hybridized carbons (Fsp3) is 0.533. The first-order valence-electron chi connectivity index (χ1n) is 6.67. The maximum absolute atomic E-state index is 11.3. The Bertz CT molecular complexity index is 485. The second kappa shape index (κ2) is 5.41. The summed E-state index contributed by atoms with van der Waals surface area (Å²) < 4.78 is 0. The maximum Gasteiger partial charge on any atom is 0.337 e. The molecule has 0 radical (unpaired) electrons. The maximum atomic E-state index is 11.3. The lowest BCUT2D eigenvalue weighted by atomic mass is 9.85. The molecule has 0 atom stereocenters. The van der Waals surface area contributed by atoms with E-state index in [0.717, 1.165) is 32.4 Å². The Hall–Kier alpha value is -1.22. The lowest BCUT2D eigenvalue weighted by Gasteiger charge is -2.26. The lowest BCUT2D eigenvalue weighted by molar-refractivity contribution is 0.0697. The van der Waals surface area contributed by atoms with Gasteiger partial charge < -0.3 is 10.0 Å². The molecule has 1 aliphatic heterocycles. The first-order chi connectivity index (χ1) is 8.91. The number of hydrogen-bond acceptors (Lipinski definition) is 2. The largest absolute Gasteiger partial charge is 0.478 e. The van der Waals surface area contributed by atoms with Crippen molar-refractivity contribution in [2.24, 2.45) is 5.41 Å². The summed E-state index contributed by atoms with van der Waals surface area (Å²) in [7, 11) is 0. The molecule has 1 heterocycles. The van der Waals surface area contributed by atoms with Gasteiger partial charge in [-0.1, -0.05) is 31.5 Å². The summed E-state index contributed by atoms with van der Waals surface area (Å²) in [5.74, 6) is -0.916. The molecule has 2 rings (SSSR count). The van der Waals surface area contributed by atoms with Gasteiger partial charge in [-0.2, -0.15) is 0 Å². The quantitative estimate of drug-likeness (QED) is 0.889. The van der Waals surface area contributed by atoms with Crippen LogP contribution in [0.2, 0.25) is 5.02 Å². The molecule has 4 heteroatoms. The highest BCUT2D eigenvalue weighted by Gasteiger charge is 2.26. The average molecular weight is 282 g/mol. The van der Waals surface area contributed by atoms with Crippen molar-refractivity contribution in [1.82, 2.24) is 0 Å². The fourth-order valence-electron chi connectivity index (χ4n) is 2.66. The third-order valence-electron chi connectivity index (χ3n) is 3.87. The van der Waals surface area contributed by atoms with Crippen LogP contribution >= 0.6 is 11.6 Å². The van der Waals surface area contributed by atoms with Crippen LogP contribution in [0.1, 0.15) is 43.5 Å². The highest BCUT2D eigenvalue weighted by molar-refractivity contribution is 6.34. The molecule has 1 saturated heterocycles. The number of carbonyl (C=O) groups is 1. The summed E-state index contributed by atoms with van der Waals surface area (Å²) in [4.78, 5) is 13.5. The first kappa shape index (κ1) is 14.2. The fourth-order valence-corrected chi connectivity index (χ4v) is 2.95. The molecule has 19 heavy (non-hydrogen) atoms. The van der Waals surface area contributed by atoms with Crippen LogP contribution in [0.4, 0.5) is 5.69 Å². The number of anilines is 1. The van der Waals surface area contributed by atoms with Crippen molar-refractivity contribution >= 4 is 23.3 Å². The van der Waals surface area contributed by atoms with Gasteiger partial charge in [-0.3, -0.25) is 0 Å². The van der Waals surface area contributed by atoms with Crippen LogP contribution in [0, 0.1) is 5.41 Å². The third-order valence-corrected chi connectivity index (χ3v) is 4.18. The van der Waals surface area contributed by atoms with Gasteiger partial charge in [0.05, 0.1) is 16.3 Å². The molecule has 0 aromatic heterocycles. The summed E-state index contributed by atoms with van der Waals surface area (Å²) in [6.45, 7) is 6.26. The summed E-state index contributed by atoms with van der Waals surface area (Å²) >= 11 is 6.23. The molecular weight excluding hydrogens is 262 g/mol. The van der Waals surface area contributed by atoms with Crippen LogP contribution in [-0.4, -0.2) is 24.2 Å². The van der Waals surface area contributed by atoms with E-state index >= 15 is 0 Å². The van der Waals surface area contributed by atoms with Crippen molar-refractivity contribution < 1.29 is 9.90 Å². The lowest BCUT2D eigenvalue weighted by Crippen LogP contribution is -2.27. The van der Waals surface area contributed by atoms with E-state index < -0.39 is 5.97 Å². The molecule has 104 valence electrons. The minimum Gasteiger partial charge on any atom is -0.478 e. The molecule has 1 fully saturated rings. The van der Waals surface area contributed by atoms with Gasteiger partial charge in [-0.15, -0.1) is 0 Å². The average Bonchev–Trinajstić information content (AvgIpc) is 2.50. The van der Waals surface area contributed by atoms with Crippen molar-refractivity contribution in [3.05, 3.63) is 28.8 Å². The number of carboxylic acids is 1. The molecule has 1 N–H and O–H groups in total. The number of carboxylic acid groups (broad SMARTS) is 1. The minimum atomic E-state index is -0.916. The van der Waals surface area contributed by atoms with Gasteiger partial charge in [0, 0.05) is 13.1 Å². The molecule has 0 aliphatic carbocycles. The third kappa shape index (κ3) is 3.21. The van der Waals surface area contributed by atoms with E-state index in [1.807, 2.05) is 0 Å². The molecule has 1 aromatic carbocycles. The van der Waals surface area contributed by atoms with Gasteiger partial charge >= 0.3 is 5.97 Å². The van der Waals surface area contributed by atoms with Gasteiger partial charge in [0.2, 0.25) is 0 Å². The standard InChI is InChI=1S/C15H20ClNO2/c1-15(2)7-4-9-17(10-8-15)13-11(14(18)19)5-3-6-12(13)16/h3,5-6H,4,7-10H2,1-2H3,(H,18,19). The predicted molar refractivity (Wildman–Crippen MR) is 78.3 cm³/mol. The molecular formula is C15H20ClNO2. The zero-order valence-corrected chi connectivity index (χ0v) is 12.2. The van der Waals surface area contributed by atoms with E-state index in [2.05, 4.69) is 18.7 Å². The summed E-state index contributed by atoms with van der Waals surface area (Å²) in [5.41, 5.74) is 1.29. The summed E-state index contributed by atoms with van der Waals surface area (Å²) in [6.07, 6.45) is 3.28. The van der Waals surface area contributed by atoms with Gasteiger partial charge in [0.1, 0.15) is 0 Å². The van der Waals surface area contributed by atoms with Crippen LogP contribution in [0.25, 0.3) is 0 Å². The predicted octanol–water partition coefficient (Wildman–Crippen LogP) is 4.05. The molecule has 0 unspecified atom stereocenters. The second-order valence-electron chi connectivity index (χ2n) is 5.95. The molecule has 0 bridgehead atoms. The van der Waals surface area contributed by atoms with Crippen molar-refractivity contribution in [2.45, 2.75) is 33.1 Å². The van der Waals surface area contributed by atoms with Crippen molar-refractivity contribution in [3.8, 4) is 0 Å². The topological polar surface area (TPSA) is 40.5 Å². The van der Waals surface area contributed by atoms with E-state index in [1.165, 1.54) is 0 Å². The number of rotatable bonds is 2. The van der Waals surface area contributed by atoms with Crippen LogP contribution in [-0.2, 0) is 0 Å². The van der Waals surface area contributed by atoms with Crippen LogP contribution in [0.15, 0.2) is 18.2 Å². The van der Waals surface area contributed by atoms with Gasteiger partial charge in [0.25, 0.3) is 0 Å². The highest BCUT2D eigenvalue weighted by atomic mass is 35.5. The minimum absolute atomic E-state index is 0.298. The number of benzene rings is 1. The number of aromatic carboxylic acids is 1. The summed E-state index contributed by atoms with van der Waals surface area (Å²) in [5, 5.41) is 9.84. The first-order valence-corrected chi connectivity index (χ1v) is 7.05. The Morgan fingerprint density at radius 1 is 1.32 bits per heavy atom. The van der Waals surface area contributed by atoms with Crippen LogP contribution in [0.3, 0.4) is 0 Å². The molecule has 3 nitrogen and oxygen atoms in total. The van der Waals surface area contributed by atoms with E-state index in [4.69, 9.17) is 11.6 Å².